The molecule has 2 fully saturated rings. The predicted octanol–water partition coefficient (Wildman–Crippen LogP) is 2.95. The highest BCUT2D eigenvalue weighted by atomic mass is 16.5. The lowest BCUT2D eigenvalue weighted by Gasteiger charge is -2.36. The van der Waals surface area contributed by atoms with Crippen molar-refractivity contribution in [1.82, 2.24) is 0 Å². The highest BCUT2D eigenvalue weighted by molar-refractivity contribution is 5.56. The number of hydrogen-bond donors (Lipinski definition) is 0. The number of ether oxygens (including phenoxy) is 1. The first-order valence-electron chi connectivity index (χ1n) is 6.40. The minimum atomic E-state index is -0.108. The zero-order chi connectivity index (χ0) is 10.7. The van der Waals surface area contributed by atoms with E-state index in [-0.39, 0.29) is 6.10 Å². The van der Waals surface area contributed by atoms with Gasteiger partial charge in [0.1, 0.15) is 12.4 Å². The van der Waals surface area contributed by atoms with Crippen LogP contribution >= 0.6 is 0 Å². The van der Waals surface area contributed by atoms with Crippen molar-refractivity contribution in [1.29, 1.82) is 0 Å². The minimum absolute atomic E-state index is 0.108. The van der Waals surface area contributed by atoms with Gasteiger partial charge in [-0.3, -0.25) is 0 Å². The van der Waals surface area contributed by atoms with Crippen molar-refractivity contribution in [3.8, 4) is 0 Å². The summed E-state index contributed by atoms with van der Waals surface area (Å²) in [6.07, 6.45) is 9.82. The van der Waals surface area contributed by atoms with Gasteiger partial charge in [0.25, 0.3) is 0 Å². The molecule has 0 bridgehead atoms. The average molecular weight is 210 g/mol. The largest absolute Gasteiger partial charge is 0.367 e. The zero-order valence-electron chi connectivity index (χ0n) is 9.65. The van der Waals surface area contributed by atoms with Crippen molar-refractivity contribution in [3.63, 3.8) is 0 Å². The van der Waals surface area contributed by atoms with Crippen LogP contribution in [0.4, 0.5) is 0 Å². The lowest BCUT2D eigenvalue weighted by molar-refractivity contribution is -0.132. The topological polar surface area (TPSA) is 26.3 Å². The predicted molar refractivity (Wildman–Crippen MR) is 59.7 cm³/mol. The molecular formula is C13H22O2. The van der Waals surface area contributed by atoms with Gasteiger partial charge < -0.3 is 9.53 Å². The fourth-order valence-corrected chi connectivity index (χ4v) is 2.99. The maximum absolute atomic E-state index is 10.7. The quantitative estimate of drug-likeness (QED) is 0.655. The molecule has 2 nitrogen and oxygen atoms in total. The van der Waals surface area contributed by atoms with Crippen LogP contribution in [0.3, 0.4) is 0 Å². The van der Waals surface area contributed by atoms with Crippen molar-refractivity contribution in [3.05, 3.63) is 0 Å². The number of carbonyl (C=O) groups excluding carboxylic acids is 1. The summed E-state index contributed by atoms with van der Waals surface area (Å²) in [5, 5.41) is 0. The Morgan fingerprint density at radius 2 is 1.80 bits per heavy atom. The minimum Gasteiger partial charge on any atom is -0.367 e. The molecule has 0 aromatic rings. The molecule has 2 atom stereocenters. The third-order valence-electron chi connectivity index (χ3n) is 4.06. The summed E-state index contributed by atoms with van der Waals surface area (Å²) in [6, 6.07) is 0. The fraction of sp³-hybridized carbons (Fsp3) is 0.923. The van der Waals surface area contributed by atoms with Crippen molar-refractivity contribution in [2.24, 2.45) is 11.8 Å². The van der Waals surface area contributed by atoms with E-state index in [1.165, 1.54) is 38.5 Å². The Morgan fingerprint density at radius 1 is 1.07 bits per heavy atom. The van der Waals surface area contributed by atoms with Crippen molar-refractivity contribution < 1.29 is 9.53 Å². The van der Waals surface area contributed by atoms with E-state index in [4.69, 9.17) is 4.74 Å². The van der Waals surface area contributed by atoms with Crippen LogP contribution in [0.5, 0.6) is 0 Å². The van der Waals surface area contributed by atoms with E-state index in [2.05, 4.69) is 6.92 Å². The van der Waals surface area contributed by atoms with E-state index in [0.29, 0.717) is 6.10 Å². The van der Waals surface area contributed by atoms with Gasteiger partial charge in [0.05, 0.1) is 6.10 Å². The first-order valence-corrected chi connectivity index (χ1v) is 6.40. The van der Waals surface area contributed by atoms with E-state index in [0.717, 1.165) is 24.5 Å². The normalized spacial score (nSPS) is 42.5. The molecule has 0 amide bonds. The monoisotopic (exact) mass is 210 g/mol. The zero-order valence-corrected chi connectivity index (χ0v) is 9.65. The van der Waals surface area contributed by atoms with Gasteiger partial charge >= 0.3 is 0 Å². The molecule has 1 heterocycles. The van der Waals surface area contributed by atoms with Crippen LogP contribution in [0.1, 0.15) is 51.9 Å². The van der Waals surface area contributed by atoms with Gasteiger partial charge in [-0.15, -0.1) is 0 Å². The molecule has 1 saturated carbocycles. The molecule has 1 saturated heterocycles. The molecule has 1 aliphatic heterocycles. The van der Waals surface area contributed by atoms with Crippen LogP contribution in [0.25, 0.3) is 0 Å². The molecule has 0 aromatic heterocycles. The first kappa shape index (κ1) is 11.1. The van der Waals surface area contributed by atoms with Crippen LogP contribution < -0.4 is 0 Å². The van der Waals surface area contributed by atoms with Crippen molar-refractivity contribution in [2.75, 3.05) is 0 Å². The molecule has 15 heavy (non-hydrogen) atoms. The fourth-order valence-electron chi connectivity index (χ4n) is 2.99. The Hall–Kier alpha value is -0.370. The summed E-state index contributed by atoms with van der Waals surface area (Å²) in [4.78, 5) is 10.7. The number of rotatable bonds is 2. The SMILES string of the molecule is CC1CCC(C2CCCC(C=O)O2)CC1. The van der Waals surface area contributed by atoms with Crippen LogP contribution in [0, 0.1) is 11.8 Å². The molecule has 2 unspecified atom stereocenters. The molecule has 2 rings (SSSR count). The second-order valence-electron chi connectivity index (χ2n) is 5.30. The van der Waals surface area contributed by atoms with Gasteiger partial charge in [-0.25, -0.2) is 0 Å². The molecule has 86 valence electrons. The molecule has 0 radical (unpaired) electrons. The van der Waals surface area contributed by atoms with E-state index >= 15 is 0 Å². The summed E-state index contributed by atoms with van der Waals surface area (Å²) in [5.74, 6) is 1.62. The van der Waals surface area contributed by atoms with Gasteiger partial charge in [0.15, 0.2) is 0 Å². The van der Waals surface area contributed by atoms with Gasteiger partial charge in [0.2, 0.25) is 0 Å². The van der Waals surface area contributed by atoms with Crippen LogP contribution in [0.15, 0.2) is 0 Å². The van der Waals surface area contributed by atoms with Gasteiger partial charge in [-0.1, -0.05) is 19.8 Å². The Kier molecular flexibility index (Phi) is 3.79. The summed E-state index contributed by atoms with van der Waals surface area (Å²) >= 11 is 0. The molecule has 0 aromatic carbocycles. The van der Waals surface area contributed by atoms with Crippen LogP contribution in [-0.4, -0.2) is 18.5 Å². The second-order valence-corrected chi connectivity index (χ2v) is 5.30. The molecule has 2 heteroatoms. The van der Waals surface area contributed by atoms with Gasteiger partial charge in [-0.2, -0.15) is 0 Å². The Balaban J connectivity index is 1.84. The molecule has 1 aliphatic carbocycles. The van der Waals surface area contributed by atoms with Crippen LogP contribution in [-0.2, 0) is 9.53 Å². The Bertz CT molecular complexity index is 207. The van der Waals surface area contributed by atoms with Crippen molar-refractivity contribution >= 4 is 6.29 Å². The number of carbonyl (C=O) groups is 1. The van der Waals surface area contributed by atoms with E-state index < -0.39 is 0 Å². The third kappa shape index (κ3) is 2.81. The van der Waals surface area contributed by atoms with Crippen molar-refractivity contribution in [2.45, 2.75) is 64.1 Å². The standard InChI is InChI=1S/C13H22O2/c1-10-5-7-11(8-6-10)13-4-2-3-12(9-14)15-13/h9-13H,2-8H2,1H3. The second kappa shape index (κ2) is 5.11. The van der Waals surface area contributed by atoms with Gasteiger partial charge in [0, 0.05) is 0 Å². The highest BCUT2D eigenvalue weighted by Gasteiger charge is 2.30. The average Bonchev–Trinajstić information content (AvgIpc) is 2.30. The molecule has 2 aliphatic rings. The third-order valence-corrected chi connectivity index (χ3v) is 4.06. The maximum atomic E-state index is 10.7. The van der Waals surface area contributed by atoms with Gasteiger partial charge in [-0.05, 0) is 43.9 Å². The summed E-state index contributed by atoms with van der Waals surface area (Å²) in [5.41, 5.74) is 0. The van der Waals surface area contributed by atoms with Crippen LogP contribution in [0.2, 0.25) is 0 Å². The summed E-state index contributed by atoms with van der Waals surface area (Å²) in [7, 11) is 0. The van der Waals surface area contributed by atoms with E-state index in [9.17, 15) is 4.79 Å². The number of aldehydes is 1. The number of hydrogen-bond acceptors (Lipinski definition) is 2. The smallest absolute Gasteiger partial charge is 0.148 e. The Labute approximate surface area is 92.4 Å². The first-order chi connectivity index (χ1) is 7.29. The summed E-state index contributed by atoms with van der Waals surface area (Å²) < 4.78 is 5.84. The molecular weight excluding hydrogens is 188 g/mol. The lowest BCUT2D eigenvalue weighted by Crippen LogP contribution is -2.35. The van der Waals surface area contributed by atoms with E-state index in [1.54, 1.807) is 0 Å². The lowest BCUT2D eigenvalue weighted by atomic mass is 9.78. The maximum Gasteiger partial charge on any atom is 0.148 e. The molecule has 0 spiro atoms. The summed E-state index contributed by atoms with van der Waals surface area (Å²) in [6.45, 7) is 2.34. The Morgan fingerprint density at radius 3 is 2.47 bits per heavy atom. The van der Waals surface area contributed by atoms with E-state index in [1.807, 2.05) is 0 Å². The highest BCUT2D eigenvalue weighted by Crippen LogP contribution is 2.35. The molecule has 0 N–H and O–H groups in total.